The molecule has 0 atom stereocenters. The molecule has 0 saturated carbocycles. The lowest BCUT2D eigenvalue weighted by Crippen LogP contribution is -2.27. The fourth-order valence-electron chi connectivity index (χ4n) is 3.81. The van der Waals surface area contributed by atoms with Gasteiger partial charge in [-0.2, -0.15) is 0 Å². The van der Waals surface area contributed by atoms with E-state index in [1.165, 1.54) is 5.56 Å². The number of carbonyl (C=O) groups is 2. The molecule has 1 aliphatic rings. The van der Waals surface area contributed by atoms with Gasteiger partial charge in [0.1, 0.15) is 5.75 Å². The number of nitrogens with zero attached hydrogens (tertiary/aromatic N) is 1. The Morgan fingerprint density at radius 1 is 0.848 bits per heavy atom. The van der Waals surface area contributed by atoms with E-state index < -0.39 is 0 Å². The quantitative estimate of drug-likeness (QED) is 0.507. The van der Waals surface area contributed by atoms with Gasteiger partial charge in [-0.05, 0) is 54.8 Å². The molecule has 1 heterocycles. The number of benzene rings is 3. The van der Waals surface area contributed by atoms with E-state index in [-0.39, 0.29) is 18.4 Å². The van der Waals surface area contributed by atoms with Gasteiger partial charge < -0.3 is 20.3 Å². The summed E-state index contributed by atoms with van der Waals surface area (Å²) in [4.78, 5) is 26.6. The van der Waals surface area contributed by atoms with Crippen molar-refractivity contribution in [2.45, 2.75) is 19.3 Å². The summed E-state index contributed by atoms with van der Waals surface area (Å²) in [6, 6.07) is 24.9. The van der Waals surface area contributed by atoms with Gasteiger partial charge in [-0.15, -0.1) is 0 Å². The SMILES string of the molecule is O=C(CNc1cccc(OCCc2ccccc2)c1)Nc1ccc(C(=O)N2CCCC2)cc1. The summed E-state index contributed by atoms with van der Waals surface area (Å²) in [7, 11) is 0. The molecular weight excluding hydrogens is 414 g/mol. The average Bonchev–Trinajstić information content (AvgIpc) is 3.39. The third-order valence-corrected chi connectivity index (χ3v) is 5.60. The second kappa shape index (κ2) is 11.2. The number of rotatable bonds is 9. The molecule has 0 spiro atoms. The Kier molecular flexibility index (Phi) is 7.59. The van der Waals surface area contributed by atoms with Crippen molar-refractivity contribution >= 4 is 23.2 Å². The van der Waals surface area contributed by atoms with Crippen LogP contribution in [0.1, 0.15) is 28.8 Å². The summed E-state index contributed by atoms with van der Waals surface area (Å²) in [6.45, 7) is 2.36. The first-order valence-electron chi connectivity index (χ1n) is 11.4. The summed E-state index contributed by atoms with van der Waals surface area (Å²) in [5, 5.41) is 5.98. The van der Waals surface area contributed by atoms with E-state index >= 15 is 0 Å². The molecule has 0 bridgehead atoms. The number of nitrogens with one attached hydrogen (secondary N) is 2. The molecule has 170 valence electrons. The van der Waals surface area contributed by atoms with E-state index in [1.807, 2.05) is 47.4 Å². The Balaban J connectivity index is 1.22. The van der Waals surface area contributed by atoms with E-state index in [1.54, 1.807) is 24.3 Å². The van der Waals surface area contributed by atoms with Crippen LogP contribution in [0.3, 0.4) is 0 Å². The largest absolute Gasteiger partial charge is 0.493 e. The van der Waals surface area contributed by atoms with Crippen molar-refractivity contribution in [3.05, 3.63) is 90.0 Å². The first-order valence-corrected chi connectivity index (χ1v) is 11.4. The maximum Gasteiger partial charge on any atom is 0.253 e. The lowest BCUT2D eigenvalue weighted by Gasteiger charge is -2.15. The van der Waals surface area contributed by atoms with Crippen molar-refractivity contribution in [2.24, 2.45) is 0 Å². The molecule has 1 fully saturated rings. The Hall–Kier alpha value is -3.80. The van der Waals surface area contributed by atoms with Crippen LogP contribution in [0.25, 0.3) is 0 Å². The first-order chi connectivity index (χ1) is 16.2. The van der Waals surface area contributed by atoms with Gasteiger partial charge in [0, 0.05) is 42.5 Å². The highest BCUT2D eigenvalue weighted by atomic mass is 16.5. The Bertz CT molecular complexity index is 1060. The first kappa shape index (κ1) is 22.4. The fourth-order valence-corrected chi connectivity index (χ4v) is 3.81. The maximum atomic E-state index is 12.4. The van der Waals surface area contributed by atoms with Gasteiger partial charge in [0.25, 0.3) is 5.91 Å². The number of hydrogen-bond acceptors (Lipinski definition) is 4. The summed E-state index contributed by atoms with van der Waals surface area (Å²) in [5.41, 5.74) is 3.36. The van der Waals surface area contributed by atoms with Gasteiger partial charge in [-0.25, -0.2) is 0 Å². The molecule has 6 heteroatoms. The van der Waals surface area contributed by atoms with E-state index in [9.17, 15) is 9.59 Å². The number of carbonyl (C=O) groups excluding carboxylic acids is 2. The number of anilines is 2. The third kappa shape index (κ3) is 6.59. The summed E-state index contributed by atoms with van der Waals surface area (Å²) in [6.07, 6.45) is 2.97. The Labute approximate surface area is 194 Å². The molecule has 0 aromatic heterocycles. The molecule has 0 aliphatic carbocycles. The predicted molar refractivity (Wildman–Crippen MR) is 131 cm³/mol. The second-order valence-corrected chi connectivity index (χ2v) is 8.09. The third-order valence-electron chi connectivity index (χ3n) is 5.60. The van der Waals surface area contributed by atoms with Gasteiger partial charge in [0.05, 0.1) is 13.2 Å². The molecule has 2 N–H and O–H groups in total. The minimum Gasteiger partial charge on any atom is -0.493 e. The van der Waals surface area contributed by atoms with E-state index in [0.717, 1.165) is 43.8 Å². The minimum absolute atomic E-state index is 0.0536. The van der Waals surface area contributed by atoms with E-state index in [4.69, 9.17) is 4.74 Å². The van der Waals surface area contributed by atoms with Gasteiger partial charge in [-0.1, -0.05) is 36.4 Å². The van der Waals surface area contributed by atoms with Crippen LogP contribution in [0, 0.1) is 0 Å². The van der Waals surface area contributed by atoms with Gasteiger partial charge in [0.2, 0.25) is 5.91 Å². The van der Waals surface area contributed by atoms with Crippen LogP contribution in [0.2, 0.25) is 0 Å². The highest BCUT2D eigenvalue weighted by molar-refractivity contribution is 5.96. The molecule has 2 amide bonds. The Morgan fingerprint density at radius 2 is 1.61 bits per heavy atom. The van der Waals surface area contributed by atoms with Crippen LogP contribution in [0.4, 0.5) is 11.4 Å². The van der Waals surface area contributed by atoms with Crippen molar-refractivity contribution in [3.8, 4) is 5.75 Å². The van der Waals surface area contributed by atoms with Crippen molar-refractivity contribution in [1.82, 2.24) is 4.90 Å². The van der Waals surface area contributed by atoms with Crippen LogP contribution < -0.4 is 15.4 Å². The number of hydrogen-bond donors (Lipinski definition) is 2. The van der Waals surface area contributed by atoms with Crippen molar-refractivity contribution < 1.29 is 14.3 Å². The molecule has 33 heavy (non-hydrogen) atoms. The maximum absolute atomic E-state index is 12.4. The van der Waals surface area contributed by atoms with Gasteiger partial charge in [0.15, 0.2) is 0 Å². The highest BCUT2D eigenvalue weighted by Gasteiger charge is 2.19. The summed E-state index contributed by atoms with van der Waals surface area (Å²) < 4.78 is 5.85. The molecule has 3 aromatic rings. The molecule has 6 nitrogen and oxygen atoms in total. The molecular formula is C27H29N3O3. The number of ether oxygens (including phenoxy) is 1. The number of likely N-dealkylation sites (tertiary alicyclic amines) is 1. The van der Waals surface area contributed by atoms with Crippen LogP contribution in [0.5, 0.6) is 5.75 Å². The topological polar surface area (TPSA) is 70.7 Å². The van der Waals surface area contributed by atoms with Crippen molar-refractivity contribution in [1.29, 1.82) is 0 Å². The smallest absolute Gasteiger partial charge is 0.253 e. The Morgan fingerprint density at radius 3 is 2.36 bits per heavy atom. The summed E-state index contributed by atoms with van der Waals surface area (Å²) in [5.74, 6) is 0.650. The lowest BCUT2D eigenvalue weighted by molar-refractivity contribution is -0.114. The molecule has 0 unspecified atom stereocenters. The zero-order valence-electron chi connectivity index (χ0n) is 18.6. The summed E-state index contributed by atoms with van der Waals surface area (Å²) >= 11 is 0. The standard InChI is InChI=1S/C27H29N3O3/c31-26(29-23-13-11-22(12-14-23)27(32)30-16-4-5-17-30)20-28-24-9-6-10-25(19-24)33-18-15-21-7-2-1-3-8-21/h1-3,6-14,19,28H,4-5,15-18,20H2,(H,29,31). The van der Waals surface area contributed by atoms with E-state index in [0.29, 0.717) is 17.9 Å². The minimum atomic E-state index is -0.163. The normalized spacial score (nSPS) is 12.9. The monoisotopic (exact) mass is 443 g/mol. The number of amides is 2. The zero-order valence-corrected chi connectivity index (χ0v) is 18.6. The molecule has 3 aromatic carbocycles. The highest BCUT2D eigenvalue weighted by Crippen LogP contribution is 2.18. The molecule has 0 radical (unpaired) electrons. The van der Waals surface area contributed by atoms with Crippen LogP contribution in [-0.2, 0) is 11.2 Å². The molecule has 1 saturated heterocycles. The van der Waals surface area contributed by atoms with Crippen molar-refractivity contribution in [2.75, 3.05) is 36.9 Å². The zero-order chi connectivity index (χ0) is 22.9. The molecule has 1 aliphatic heterocycles. The average molecular weight is 444 g/mol. The van der Waals surface area contributed by atoms with Gasteiger partial charge in [-0.3, -0.25) is 9.59 Å². The second-order valence-electron chi connectivity index (χ2n) is 8.09. The van der Waals surface area contributed by atoms with E-state index in [2.05, 4.69) is 22.8 Å². The fraction of sp³-hybridized carbons (Fsp3) is 0.259. The van der Waals surface area contributed by atoms with Gasteiger partial charge >= 0.3 is 0 Å². The molecule has 4 rings (SSSR count). The van der Waals surface area contributed by atoms with Crippen LogP contribution >= 0.6 is 0 Å². The van der Waals surface area contributed by atoms with Crippen LogP contribution in [-0.4, -0.2) is 43.0 Å². The van der Waals surface area contributed by atoms with Crippen molar-refractivity contribution in [3.63, 3.8) is 0 Å². The predicted octanol–water partition coefficient (Wildman–Crippen LogP) is 4.59. The van der Waals surface area contributed by atoms with Crippen LogP contribution in [0.15, 0.2) is 78.9 Å². The lowest BCUT2D eigenvalue weighted by atomic mass is 10.2.